The average molecular weight is 227 g/mol. The van der Waals surface area contributed by atoms with E-state index in [1.165, 1.54) is 0 Å². The van der Waals surface area contributed by atoms with Crippen molar-refractivity contribution in [1.82, 2.24) is 4.90 Å². The molecule has 16 heavy (non-hydrogen) atoms. The lowest BCUT2D eigenvalue weighted by Gasteiger charge is -2.28. The SMILES string of the molecule is CC1CCN(C(=O)C2CCOC2C)C1CO. The molecule has 92 valence electrons. The first-order valence-corrected chi connectivity index (χ1v) is 6.18. The van der Waals surface area contributed by atoms with E-state index in [0.29, 0.717) is 12.5 Å². The topological polar surface area (TPSA) is 49.8 Å². The summed E-state index contributed by atoms with van der Waals surface area (Å²) in [5.74, 6) is 0.583. The van der Waals surface area contributed by atoms with Gasteiger partial charge in [-0.3, -0.25) is 4.79 Å². The third kappa shape index (κ3) is 1.96. The molecule has 0 aromatic rings. The molecule has 0 aromatic heterocycles. The maximum atomic E-state index is 12.3. The van der Waals surface area contributed by atoms with E-state index in [4.69, 9.17) is 4.74 Å². The molecule has 4 unspecified atom stereocenters. The van der Waals surface area contributed by atoms with Crippen LogP contribution >= 0.6 is 0 Å². The van der Waals surface area contributed by atoms with Crippen molar-refractivity contribution < 1.29 is 14.6 Å². The Morgan fingerprint density at radius 1 is 1.44 bits per heavy atom. The summed E-state index contributed by atoms with van der Waals surface area (Å²) in [7, 11) is 0. The van der Waals surface area contributed by atoms with Crippen LogP contribution in [0.25, 0.3) is 0 Å². The van der Waals surface area contributed by atoms with E-state index in [1.54, 1.807) is 0 Å². The van der Waals surface area contributed by atoms with Gasteiger partial charge in [0.2, 0.25) is 5.91 Å². The molecule has 0 bridgehead atoms. The van der Waals surface area contributed by atoms with Crippen molar-refractivity contribution in [2.75, 3.05) is 19.8 Å². The first-order chi connectivity index (χ1) is 7.65. The highest BCUT2D eigenvalue weighted by Crippen LogP contribution is 2.29. The van der Waals surface area contributed by atoms with E-state index in [1.807, 2.05) is 11.8 Å². The molecule has 2 saturated heterocycles. The molecule has 4 nitrogen and oxygen atoms in total. The van der Waals surface area contributed by atoms with Gasteiger partial charge in [0.25, 0.3) is 0 Å². The van der Waals surface area contributed by atoms with Crippen LogP contribution in [0, 0.1) is 11.8 Å². The number of ether oxygens (including phenoxy) is 1. The zero-order chi connectivity index (χ0) is 11.7. The minimum absolute atomic E-state index is 0.000602. The number of nitrogens with zero attached hydrogens (tertiary/aromatic N) is 1. The standard InChI is InChI=1S/C12H21NO3/c1-8-3-5-13(11(8)7-14)12(15)10-4-6-16-9(10)2/h8-11,14H,3-7H2,1-2H3. The molecule has 0 saturated carbocycles. The Morgan fingerprint density at radius 3 is 2.75 bits per heavy atom. The van der Waals surface area contributed by atoms with Crippen LogP contribution < -0.4 is 0 Å². The van der Waals surface area contributed by atoms with Crippen LogP contribution in [0.2, 0.25) is 0 Å². The van der Waals surface area contributed by atoms with Gasteiger partial charge in [0.05, 0.1) is 24.7 Å². The maximum Gasteiger partial charge on any atom is 0.228 e. The van der Waals surface area contributed by atoms with E-state index >= 15 is 0 Å². The quantitative estimate of drug-likeness (QED) is 0.753. The van der Waals surface area contributed by atoms with Crippen LogP contribution in [0.15, 0.2) is 0 Å². The van der Waals surface area contributed by atoms with Gasteiger partial charge in [0.1, 0.15) is 0 Å². The molecule has 0 aliphatic carbocycles. The van der Waals surface area contributed by atoms with E-state index in [0.717, 1.165) is 19.4 Å². The van der Waals surface area contributed by atoms with Gasteiger partial charge in [0, 0.05) is 13.2 Å². The lowest BCUT2D eigenvalue weighted by atomic mass is 9.99. The van der Waals surface area contributed by atoms with Crippen molar-refractivity contribution in [3.8, 4) is 0 Å². The van der Waals surface area contributed by atoms with Crippen molar-refractivity contribution in [3.63, 3.8) is 0 Å². The molecular weight excluding hydrogens is 206 g/mol. The highest BCUT2D eigenvalue weighted by Gasteiger charge is 2.40. The monoisotopic (exact) mass is 227 g/mol. The van der Waals surface area contributed by atoms with Crippen LogP contribution in [0.5, 0.6) is 0 Å². The summed E-state index contributed by atoms with van der Waals surface area (Å²) in [6.07, 6.45) is 1.85. The van der Waals surface area contributed by atoms with E-state index in [9.17, 15) is 9.90 Å². The van der Waals surface area contributed by atoms with Gasteiger partial charge in [-0.25, -0.2) is 0 Å². The summed E-state index contributed by atoms with van der Waals surface area (Å²) in [4.78, 5) is 14.2. The van der Waals surface area contributed by atoms with Gasteiger partial charge >= 0.3 is 0 Å². The second kappa shape index (κ2) is 4.72. The predicted molar refractivity (Wildman–Crippen MR) is 59.9 cm³/mol. The highest BCUT2D eigenvalue weighted by atomic mass is 16.5. The fraction of sp³-hybridized carbons (Fsp3) is 0.917. The molecule has 0 radical (unpaired) electrons. The van der Waals surface area contributed by atoms with Crippen LogP contribution in [-0.2, 0) is 9.53 Å². The van der Waals surface area contributed by atoms with E-state index < -0.39 is 0 Å². The summed E-state index contributed by atoms with van der Waals surface area (Å²) < 4.78 is 5.43. The number of amides is 1. The number of rotatable bonds is 2. The molecule has 0 spiro atoms. The molecule has 4 atom stereocenters. The lowest BCUT2D eigenvalue weighted by molar-refractivity contribution is -0.139. The molecule has 2 heterocycles. The third-order valence-corrected chi connectivity index (χ3v) is 4.05. The Hall–Kier alpha value is -0.610. The zero-order valence-corrected chi connectivity index (χ0v) is 10.1. The first-order valence-electron chi connectivity index (χ1n) is 6.18. The molecule has 2 aliphatic rings. The number of likely N-dealkylation sites (tertiary alicyclic amines) is 1. The molecule has 2 fully saturated rings. The Balaban J connectivity index is 2.04. The number of hydrogen-bond donors (Lipinski definition) is 1. The molecule has 2 rings (SSSR count). The molecule has 2 aliphatic heterocycles. The fourth-order valence-electron chi connectivity index (χ4n) is 2.83. The van der Waals surface area contributed by atoms with E-state index in [2.05, 4.69) is 6.92 Å². The first kappa shape index (κ1) is 11.9. The van der Waals surface area contributed by atoms with Crippen molar-refractivity contribution in [2.24, 2.45) is 11.8 Å². The minimum atomic E-state index is -0.000602. The van der Waals surface area contributed by atoms with Gasteiger partial charge < -0.3 is 14.7 Å². The summed E-state index contributed by atoms with van der Waals surface area (Å²) >= 11 is 0. The van der Waals surface area contributed by atoms with Gasteiger partial charge in [-0.1, -0.05) is 6.92 Å². The Bertz CT molecular complexity index is 269. The Morgan fingerprint density at radius 2 is 2.19 bits per heavy atom. The number of hydrogen-bond acceptors (Lipinski definition) is 3. The van der Waals surface area contributed by atoms with Crippen LogP contribution in [0.4, 0.5) is 0 Å². The fourth-order valence-corrected chi connectivity index (χ4v) is 2.83. The summed E-state index contributed by atoms with van der Waals surface area (Å²) in [5.41, 5.74) is 0. The van der Waals surface area contributed by atoms with Gasteiger partial charge in [-0.15, -0.1) is 0 Å². The van der Waals surface area contributed by atoms with Crippen molar-refractivity contribution in [1.29, 1.82) is 0 Å². The van der Waals surface area contributed by atoms with Gasteiger partial charge in [0.15, 0.2) is 0 Å². The van der Waals surface area contributed by atoms with Crippen molar-refractivity contribution in [2.45, 2.75) is 38.8 Å². The lowest BCUT2D eigenvalue weighted by Crippen LogP contribution is -2.44. The molecule has 0 aromatic carbocycles. The number of aliphatic hydroxyl groups excluding tert-OH is 1. The summed E-state index contributed by atoms with van der Waals surface area (Å²) in [5, 5.41) is 9.34. The Kier molecular flexibility index (Phi) is 3.50. The molecule has 1 N–H and O–H groups in total. The van der Waals surface area contributed by atoms with Crippen LogP contribution in [0.3, 0.4) is 0 Å². The second-order valence-corrected chi connectivity index (χ2v) is 5.02. The second-order valence-electron chi connectivity index (χ2n) is 5.02. The maximum absolute atomic E-state index is 12.3. The van der Waals surface area contributed by atoms with E-state index in [-0.39, 0.29) is 30.6 Å². The third-order valence-electron chi connectivity index (χ3n) is 4.05. The predicted octanol–water partition coefficient (Wildman–Crippen LogP) is 0.641. The number of aliphatic hydroxyl groups is 1. The van der Waals surface area contributed by atoms with Crippen LogP contribution in [0.1, 0.15) is 26.7 Å². The summed E-state index contributed by atoms with van der Waals surface area (Å²) in [6, 6.07) is 0.0142. The van der Waals surface area contributed by atoms with Gasteiger partial charge in [-0.05, 0) is 25.7 Å². The van der Waals surface area contributed by atoms with Crippen LogP contribution in [-0.4, -0.2) is 47.8 Å². The van der Waals surface area contributed by atoms with Crippen molar-refractivity contribution in [3.05, 3.63) is 0 Å². The zero-order valence-electron chi connectivity index (χ0n) is 10.1. The normalized spacial score (nSPS) is 39.3. The summed E-state index contributed by atoms with van der Waals surface area (Å²) in [6.45, 7) is 5.61. The molecular formula is C12H21NO3. The molecule has 1 amide bonds. The van der Waals surface area contributed by atoms with Gasteiger partial charge in [-0.2, -0.15) is 0 Å². The number of carbonyl (C=O) groups is 1. The number of carbonyl (C=O) groups excluding carboxylic acids is 1. The minimum Gasteiger partial charge on any atom is -0.394 e. The largest absolute Gasteiger partial charge is 0.394 e. The van der Waals surface area contributed by atoms with Crippen molar-refractivity contribution >= 4 is 5.91 Å². The highest BCUT2D eigenvalue weighted by molar-refractivity contribution is 5.80. The average Bonchev–Trinajstić information content (AvgIpc) is 2.83. The Labute approximate surface area is 96.6 Å². The molecule has 4 heteroatoms. The smallest absolute Gasteiger partial charge is 0.228 e.